The third-order valence-corrected chi connectivity index (χ3v) is 1.83. The Morgan fingerprint density at radius 3 is 2.60 bits per heavy atom. The number of amides is 2. The molecule has 0 saturated carbocycles. The predicted molar refractivity (Wildman–Crippen MR) is 62.2 cm³/mol. The molecule has 0 fully saturated rings. The van der Waals surface area contributed by atoms with Gasteiger partial charge >= 0.3 is 12.3 Å². The number of nitrogens with one attached hydrogen (secondary N) is 1. The van der Waals surface area contributed by atoms with Crippen molar-refractivity contribution in [2.45, 2.75) is 6.18 Å². The lowest BCUT2D eigenvalue weighted by Crippen LogP contribution is -2.23. The van der Waals surface area contributed by atoms with Gasteiger partial charge in [-0.3, -0.25) is 10.1 Å². The number of ether oxygens (including phenoxy) is 2. The van der Waals surface area contributed by atoms with Crippen LogP contribution in [-0.4, -0.2) is 31.4 Å². The minimum atomic E-state index is -4.59. The van der Waals surface area contributed by atoms with Crippen molar-refractivity contribution in [3.05, 3.63) is 24.3 Å². The normalized spacial score (nSPS) is 10.8. The minimum Gasteiger partial charge on any atom is -0.484 e. The van der Waals surface area contributed by atoms with Crippen LogP contribution in [0.2, 0.25) is 0 Å². The summed E-state index contributed by atoms with van der Waals surface area (Å²) in [7, 11) is 0. The first-order chi connectivity index (χ1) is 9.26. The summed E-state index contributed by atoms with van der Waals surface area (Å²) >= 11 is 0. The van der Waals surface area contributed by atoms with Gasteiger partial charge in [-0.1, -0.05) is 6.07 Å². The molecule has 0 aliphatic rings. The Morgan fingerprint density at radius 1 is 1.30 bits per heavy atom. The molecule has 0 unspecified atom stereocenters. The summed E-state index contributed by atoms with van der Waals surface area (Å²) in [6.45, 7) is -2.04. The summed E-state index contributed by atoms with van der Waals surface area (Å²) in [6, 6.07) is 5.66. The molecule has 0 atom stereocenters. The molecule has 0 aliphatic carbocycles. The average molecular weight is 292 g/mol. The summed E-state index contributed by atoms with van der Waals surface area (Å²) in [4.78, 5) is 21.6. The van der Waals surface area contributed by atoms with E-state index in [0.29, 0.717) is 0 Å². The van der Waals surface area contributed by atoms with Gasteiger partial charge < -0.3 is 15.2 Å². The van der Waals surface area contributed by atoms with E-state index >= 15 is 0 Å². The van der Waals surface area contributed by atoms with Crippen molar-refractivity contribution >= 4 is 17.7 Å². The molecule has 0 spiro atoms. The topological polar surface area (TPSA) is 90.7 Å². The van der Waals surface area contributed by atoms with E-state index in [1.807, 2.05) is 0 Å². The number of halogens is 3. The molecule has 20 heavy (non-hydrogen) atoms. The van der Waals surface area contributed by atoms with Crippen molar-refractivity contribution in [2.24, 2.45) is 5.73 Å². The second-order valence-electron chi connectivity index (χ2n) is 3.60. The van der Waals surface area contributed by atoms with Crippen molar-refractivity contribution in [3.8, 4) is 5.75 Å². The first kappa shape index (κ1) is 15.6. The molecule has 0 bridgehead atoms. The van der Waals surface area contributed by atoms with Gasteiger partial charge in [0.2, 0.25) is 0 Å². The molecular weight excluding hydrogens is 281 g/mol. The number of alkyl halides is 3. The van der Waals surface area contributed by atoms with Crippen LogP contribution in [-0.2, 0) is 9.53 Å². The number of anilines is 1. The fraction of sp³-hybridized carbons (Fsp3) is 0.273. The van der Waals surface area contributed by atoms with Gasteiger partial charge in [0.25, 0.3) is 5.91 Å². The van der Waals surface area contributed by atoms with Crippen LogP contribution in [0.5, 0.6) is 5.75 Å². The summed E-state index contributed by atoms with van der Waals surface area (Å²) in [5, 5.41) is 2.09. The zero-order valence-electron chi connectivity index (χ0n) is 10.1. The number of carbonyl (C=O) groups excluding carboxylic acids is 2. The van der Waals surface area contributed by atoms with E-state index in [1.165, 1.54) is 24.3 Å². The maximum Gasteiger partial charge on any atom is 0.422 e. The Bertz CT molecular complexity index is 491. The van der Waals surface area contributed by atoms with Crippen LogP contribution in [0.25, 0.3) is 0 Å². The molecule has 1 rings (SSSR count). The minimum absolute atomic E-state index is 0.152. The molecule has 3 N–H and O–H groups in total. The molecular formula is C11H11F3N2O4. The van der Waals surface area contributed by atoms with E-state index in [9.17, 15) is 22.8 Å². The highest BCUT2D eigenvalue weighted by atomic mass is 19.4. The zero-order chi connectivity index (χ0) is 15.2. The molecule has 6 nitrogen and oxygen atoms in total. The van der Waals surface area contributed by atoms with Crippen LogP contribution < -0.4 is 15.8 Å². The smallest absolute Gasteiger partial charge is 0.422 e. The highest BCUT2D eigenvalue weighted by Crippen LogP contribution is 2.18. The van der Waals surface area contributed by atoms with Gasteiger partial charge in [-0.15, -0.1) is 0 Å². The lowest BCUT2D eigenvalue weighted by Gasteiger charge is -2.10. The van der Waals surface area contributed by atoms with E-state index in [1.54, 1.807) is 0 Å². The molecule has 0 radical (unpaired) electrons. The Balaban J connectivity index is 2.53. The van der Waals surface area contributed by atoms with Gasteiger partial charge in [-0.05, 0) is 12.1 Å². The third kappa shape index (κ3) is 6.47. The van der Waals surface area contributed by atoms with Crippen molar-refractivity contribution < 1.29 is 32.2 Å². The molecule has 110 valence electrons. The second-order valence-corrected chi connectivity index (χ2v) is 3.60. The third-order valence-electron chi connectivity index (χ3n) is 1.83. The molecule has 2 amide bonds. The van der Waals surface area contributed by atoms with Gasteiger partial charge in [-0.2, -0.15) is 13.2 Å². The Morgan fingerprint density at radius 2 is 2.00 bits per heavy atom. The van der Waals surface area contributed by atoms with E-state index in [2.05, 4.69) is 10.1 Å². The number of rotatable bonds is 5. The van der Waals surface area contributed by atoms with Crippen molar-refractivity contribution in [3.63, 3.8) is 0 Å². The number of hydrogen-bond donors (Lipinski definition) is 2. The van der Waals surface area contributed by atoms with E-state index < -0.39 is 24.8 Å². The lowest BCUT2D eigenvalue weighted by atomic mass is 10.3. The quantitative estimate of drug-likeness (QED) is 0.863. The van der Waals surface area contributed by atoms with E-state index in [-0.39, 0.29) is 18.0 Å². The van der Waals surface area contributed by atoms with Crippen LogP contribution in [0.1, 0.15) is 0 Å². The largest absolute Gasteiger partial charge is 0.484 e. The Hall–Kier alpha value is -2.45. The molecule has 1 aromatic carbocycles. The summed E-state index contributed by atoms with van der Waals surface area (Å²) in [5.41, 5.74) is 5.03. The molecule has 0 saturated heterocycles. The van der Waals surface area contributed by atoms with Crippen molar-refractivity contribution in [1.29, 1.82) is 0 Å². The van der Waals surface area contributed by atoms with Crippen LogP contribution in [0.4, 0.5) is 23.7 Å². The van der Waals surface area contributed by atoms with E-state index in [4.69, 9.17) is 10.5 Å². The SMILES string of the molecule is NC(=O)COc1cccc(NC(=O)OCC(F)(F)F)c1. The first-order valence-corrected chi connectivity index (χ1v) is 5.28. The van der Waals surface area contributed by atoms with Crippen LogP contribution in [0.3, 0.4) is 0 Å². The summed E-state index contributed by atoms with van der Waals surface area (Å²) in [6.07, 6.45) is -5.85. The van der Waals surface area contributed by atoms with Gasteiger partial charge in [-0.25, -0.2) is 4.79 Å². The number of primary amides is 1. The number of nitrogens with two attached hydrogens (primary N) is 1. The van der Waals surface area contributed by atoms with Gasteiger partial charge in [0.15, 0.2) is 13.2 Å². The van der Waals surface area contributed by atoms with Crippen LogP contribution in [0.15, 0.2) is 24.3 Å². The van der Waals surface area contributed by atoms with Crippen molar-refractivity contribution in [1.82, 2.24) is 0 Å². The lowest BCUT2D eigenvalue weighted by molar-refractivity contribution is -0.159. The van der Waals surface area contributed by atoms with Crippen LogP contribution in [0, 0.1) is 0 Å². The predicted octanol–water partition coefficient (Wildman–Crippen LogP) is 1.66. The highest BCUT2D eigenvalue weighted by molar-refractivity contribution is 5.84. The van der Waals surface area contributed by atoms with Crippen molar-refractivity contribution in [2.75, 3.05) is 18.5 Å². The average Bonchev–Trinajstić information content (AvgIpc) is 2.34. The van der Waals surface area contributed by atoms with Crippen LogP contribution >= 0.6 is 0 Å². The molecule has 1 aromatic rings. The van der Waals surface area contributed by atoms with E-state index in [0.717, 1.165) is 0 Å². The summed E-state index contributed by atoms with van der Waals surface area (Å²) in [5.74, 6) is -0.467. The van der Waals surface area contributed by atoms with Gasteiger partial charge in [0, 0.05) is 11.8 Å². The summed E-state index contributed by atoms with van der Waals surface area (Å²) < 4.78 is 44.4. The molecule has 0 heterocycles. The molecule has 9 heteroatoms. The standard InChI is InChI=1S/C11H11F3N2O4/c12-11(13,14)6-20-10(18)16-7-2-1-3-8(4-7)19-5-9(15)17/h1-4H,5-6H2,(H2,15,17)(H,16,18). The molecule has 0 aromatic heterocycles. The fourth-order valence-electron chi connectivity index (χ4n) is 1.12. The maximum atomic E-state index is 11.8. The maximum absolute atomic E-state index is 11.8. The number of benzene rings is 1. The zero-order valence-corrected chi connectivity index (χ0v) is 10.1. The van der Waals surface area contributed by atoms with Gasteiger partial charge in [0.05, 0.1) is 0 Å². The fourth-order valence-corrected chi connectivity index (χ4v) is 1.12. The van der Waals surface area contributed by atoms with Gasteiger partial charge in [0.1, 0.15) is 5.75 Å². The Kier molecular flexibility index (Phi) is 5.18. The monoisotopic (exact) mass is 292 g/mol. The first-order valence-electron chi connectivity index (χ1n) is 5.28. The second kappa shape index (κ2) is 6.64. The molecule has 0 aliphatic heterocycles. The highest BCUT2D eigenvalue weighted by Gasteiger charge is 2.29. The Labute approximate surface area is 111 Å². The number of hydrogen-bond acceptors (Lipinski definition) is 4. The number of carbonyl (C=O) groups is 2.